The number of hydrogen-bond donors (Lipinski definition) is 6. The molecule has 2 heterocycles. The summed E-state index contributed by atoms with van der Waals surface area (Å²) >= 11 is 1.69. The summed E-state index contributed by atoms with van der Waals surface area (Å²) in [7, 11) is 0. The van der Waals surface area contributed by atoms with E-state index in [1.54, 1.807) is 18.0 Å². The lowest BCUT2D eigenvalue weighted by atomic mass is 10.0. The Morgan fingerprint density at radius 1 is 1.43 bits per heavy atom. The van der Waals surface area contributed by atoms with Crippen molar-refractivity contribution < 1.29 is 10.2 Å². The minimum atomic E-state index is -0.955. The molecule has 0 amide bonds. The molecule has 0 spiro atoms. The minimum Gasteiger partial charge on any atom is -0.394 e. The normalized spacial score (nSPS) is 14.4. The molecule has 2 atom stereocenters. The second-order valence-electron chi connectivity index (χ2n) is 4.61. The lowest BCUT2D eigenvalue weighted by Gasteiger charge is -2.22. The number of aliphatic hydroxyl groups excluding tert-OH is 2. The first-order valence-corrected chi connectivity index (χ1v) is 7.89. The van der Waals surface area contributed by atoms with Gasteiger partial charge in [0.25, 0.3) is 0 Å². The highest BCUT2D eigenvalue weighted by Crippen LogP contribution is 2.27. The first-order chi connectivity index (χ1) is 10.1. The molecule has 0 radical (unpaired) electrons. The number of aromatic amines is 1. The Kier molecular flexibility index (Phi) is 5.23. The fourth-order valence-electron chi connectivity index (χ4n) is 2.18. The Morgan fingerprint density at radius 2 is 2.19 bits per heavy atom. The third kappa shape index (κ3) is 3.38. The number of nitrogens with one attached hydrogen (secondary N) is 2. The van der Waals surface area contributed by atoms with Gasteiger partial charge < -0.3 is 32.0 Å². The Balaban J connectivity index is 2.39. The van der Waals surface area contributed by atoms with Gasteiger partial charge in [-0.25, -0.2) is 4.98 Å². The molecule has 2 rings (SSSR count). The van der Waals surface area contributed by atoms with Gasteiger partial charge in [0.1, 0.15) is 11.0 Å². The van der Waals surface area contributed by atoms with Crippen LogP contribution in [0.15, 0.2) is 6.20 Å². The second-order valence-corrected chi connectivity index (χ2v) is 5.59. The van der Waals surface area contributed by atoms with E-state index in [1.807, 2.05) is 6.26 Å². The summed E-state index contributed by atoms with van der Waals surface area (Å²) in [5.74, 6) is 1.21. The number of aliphatic hydroxyl groups is 2. The number of H-pyrrole nitrogens is 1. The van der Waals surface area contributed by atoms with Gasteiger partial charge in [0.05, 0.1) is 18.8 Å². The molecule has 0 bridgehead atoms. The molecule has 116 valence electrons. The summed E-state index contributed by atoms with van der Waals surface area (Å²) in [5.41, 5.74) is 13.3. The maximum Gasteiger partial charge on any atom is 0.222 e. The van der Waals surface area contributed by atoms with Crippen LogP contribution >= 0.6 is 11.8 Å². The van der Waals surface area contributed by atoms with E-state index in [0.29, 0.717) is 23.1 Å². The number of hydrogen-bond acceptors (Lipinski definition) is 8. The van der Waals surface area contributed by atoms with Gasteiger partial charge >= 0.3 is 0 Å². The van der Waals surface area contributed by atoms with Crippen molar-refractivity contribution in [1.29, 1.82) is 0 Å². The van der Waals surface area contributed by atoms with Crippen LogP contribution in [0.4, 0.5) is 11.8 Å². The topological polar surface area (TPSA) is 146 Å². The van der Waals surface area contributed by atoms with Crippen LogP contribution in [0.3, 0.4) is 0 Å². The van der Waals surface area contributed by atoms with E-state index in [2.05, 4.69) is 20.3 Å². The van der Waals surface area contributed by atoms with Crippen molar-refractivity contribution in [3.8, 4) is 0 Å². The van der Waals surface area contributed by atoms with Gasteiger partial charge in [-0.15, -0.1) is 0 Å². The summed E-state index contributed by atoms with van der Waals surface area (Å²) in [6.07, 6.45) is 2.74. The van der Waals surface area contributed by atoms with Crippen molar-refractivity contribution >= 4 is 34.6 Å². The molecule has 0 fully saturated rings. The highest BCUT2D eigenvalue weighted by atomic mass is 32.2. The number of anilines is 2. The Bertz CT molecular complexity index is 605. The summed E-state index contributed by atoms with van der Waals surface area (Å²) in [5, 5.41) is 22.5. The number of nitrogen functional groups attached to an aromatic ring is 2. The molecular formula is C12H20N6O2S. The monoisotopic (exact) mass is 312 g/mol. The maximum absolute atomic E-state index is 10.0. The molecule has 8 nitrogen and oxygen atoms in total. The van der Waals surface area contributed by atoms with Crippen molar-refractivity contribution in [3.63, 3.8) is 0 Å². The zero-order chi connectivity index (χ0) is 15.4. The van der Waals surface area contributed by atoms with Crippen molar-refractivity contribution in [2.75, 3.05) is 36.6 Å². The second kappa shape index (κ2) is 6.94. The van der Waals surface area contributed by atoms with Crippen LogP contribution in [-0.4, -0.2) is 56.4 Å². The number of aromatic nitrogens is 3. The first kappa shape index (κ1) is 15.8. The average molecular weight is 312 g/mol. The summed E-state index contributed by atoms with van der Waals surface area (Å²) in [6, 6.07) is -0.468. The van der Waals surface area contributed by atoms with Gasteiger partial charge in [-0.05, 0) is 6.26 Å². The average Bonchev–Trinajstić information content (AvgIpc) is 2.87. The van der Waals surface area contributed by atoms with E-state index in [0.717, 1.165) is 5.75 Å². The lowest BCUT2D eigenvalue weighted by Crippen LogP contribution is -2.35. The van der Waals surface area contributed by atoms with Crippen LogP contribution in [0.2, 0.25) is 0 Å². The molecule has 0 saturated carbocycles. The Hall–Kier alpha value is -1.55. The molecule has 8 N–H and O–H groups in total. The van der Waals surface area contributed by atoms with Crippen molar-refractivity contribution in [3.05, 3.63) is 11.8 Å². The highest BCUT2D eigenvalue weighted by molar-refractivity contribution is 7.98. The van der Waals surface area contributed by atoms with E-state index in [9.17, 15) is 10.2 Å². The SMILES string of the molecule is CSCCNC(c1c[nH]c2c(N)nc(N)nc12)C(O)CO. The largest absolute Gasteiger partial charge is 0.394 e. The minimum absolute atomic E-state index is 0.0715. The smallest absolute Gasteiger partial charge is 0.222 e. The van der Waals surface area contributed by atoms with Crippen LogP contribution in [0.25, 0.3) is 11.0 Å². The van der Waals surface area contributed by atoms with Crippen LogP contribution in [0, 0.1) is 0 Å². The number of nitrogens with zero attached hydrogens (tertiary/aromatic N) is 2. The predicted octanol–water partition coefficient (Wildman–Crippen LogP) is -0.531. The van der Waals surface area contributed by atoms with Crippen LogP contribution < -0.4 is 16.8 Å². The van der Waals surface area contributed by atoms with Crippen LogP contribution in [-0.2, 0) is 0 Å². The standard InChI is InChI=1S/C12H20N6O2S/c1-21-3-2-15-8(7(20)5-19)6-4-16-10-9(6)17-12(14)18-11(10)13/h4,7-8,15-16,19-20H,2-3,5H2,1H3,(H4,13,14,17,18). The maximum atomic E-state index is 10.0. The Labute approximate surface area is 126 Å². The van der Waals surface area contributed by atoms with Crippen molar-refractivity contribution in [1.82, 2.24) is 20.3 Å². The van der Waals surface area contributed by atoms with Gasteiger partial charge in [0, 0.05) is 24.1 Å². The summed E-state index contributed by atoms with van der Waals surface area (Å²) in [6.45, 7) is 0.325. The molecular weight excluding hydrogens is 292 g/mol. The van der Waals surface area contributed by atoms with Gasteiger partial charge in [-0.2, -0.15) is 16.7 Å². The zero-order valence-electron chi connectivity index (χ0n) is 11.7. The summed E-state index contributed by atoms with van der Waals surface area (Å²) < 4.78 is 0. The first-order valence-electron chi connectivity index (χ1n) is 6.49. The molecule has 9 heteroatoms. The van der Waals surface area contributed by atoms with Crippen LogP contribution in [0.1, 0.15) is 11.6 Å². The Morgan fingerprint density at radius 3 is 2.86 bits per heavy atom. The van der Waals surface area contributed by atoms with E-state index in [-0.39, 0.29) is 18.4 Å². The molecule has 0 saturated heterocycles. The van der Waals surface area contributed by atoms with Crippen molar-refractivity contribution in [2.24, 2.45) is 0 Å². The number of nitrogens with two attached hydrogens (primary N) is 2. The van der Waals surface area contributed by atoms with E-state index < -0.39 is 12.1 Å². The molecule has 0 aliphatic heterocycles. The lowest BCUT2D eigenvalue weighted by molar-refractivity contribution is 0.0635. The molecule has 2 aromatic rings. The van der Waals surface area contributed by atoms with E-state index in [1.165, 1.54) is 0 Å². The van der Waals surface area contributed by atoms with Crippen molar-refractivity contribution in [2.45, 2.75) is 12.1 Å². The van der Waals surface area contributed by atoms with Gasteiger partial charge in [0.2, 0.25) is 5.95 Å². The number of thioether (sulfide) groups is 1. The number of rotatable bonds is 7. The van der Waals surface area contributed by atoms with E-state index in [4.69, 9.17) is 11.5 Å². The fraction of sp³-hybridized carbons (Fsp3) is 0.500. The third-order valence-electron chi connectivity index (χ3n) is 3.18. The number of fused-ring (bicyclic) bond motifs is 1. The summed E-state index contributed by atoms with van der Waals surface area (Å²) in [4.78, 5) is 11.1. The van der Waals surface area contributed by atoms with Gasteiger partial charge in [-0.3, -0.25) is 0 Å². The fourth-order valence-corrected chi connectivity index (χ4v) is 2.50. The molecule has 0 aliphatic rings. The zero-order valence-corrected chi connectivity index (χ0v) is 12.5. The molecule has 0 aliphatic carbocycles. The quantitative estimate of drug-likeness (QED) is 0.374. The predicted molar refractivity (Wildman–Crippen MR) is 84.9 cm³/mol. The highest BCUT2D eigenvalue weighted by Gasteiger charge is 2.24. The van der Waals surface area contributed by atoms with Gasteiger partial charge in [0.15, 0.2) is 5.82 Å². The third-order valence-corrected chi connectivity index (χ3v) is 3.79. The molecule has 2 aromatic heterocycles. The molecule has 0 aromatic carbocycles. The van der Waals surface area contributed by atoms with E-state index >= 15 is 0 Å². The molecule has 2 unspecified atom stereocenters. The van der Waals surface area contributed by atoms with Crippen LogP contribution in [0.5, 0.6) is 0 Å². The molecule has 21 heavy (non-hydrogen) atoms. The van der Waals surface area contributed by atoms with Gasteiger partial charge in [-0.1, -0.05) is 0 Å².